The fourth-order valence-corrected chi connectivity index (χ4v) is 3.07. The van der Waals surface area contributed by atoms with Gasteiger partial charge in [0.05, 0.1) is 0 Å². The zero-order valence-electron chi connectivity index (χ0n) is 7.29. The molecule has 0 amide bonds. The van der Waals surface area contributed by atoms with Gasteiger partial charge < -0.3 is 5.73 Å². The molecular weight excluding hydrogens is 246 g/mol. The minimum atomic E-state index is 0.398. The fourth-order valence-electron chi connectivity index (χ4n) is 1.65. The fraction of sp³-hybridized carbons (Fsp3) is 0.400. The third kappa shape index (κ3) is 2.42. The summed E-state index contributed by atoms with van der Waals surface area (Å²) in [4.78, 5) is 1.33. The van der Waals surface area contributed by atoms with Crippen LogP contribution >= 0.6 is 27.3 Å². The third-order valence-electron chi connectivity index (χ3n) is 2.29. The number of thiophene rings is 1. The third-order valence-corrected chi connectivity index (χ3v) is 3.94. The van der Waals surface area contributed by atoms with Crippen molar-refractivity contribution in [1.82, 2.24) is 0 Å². The minimum Gasteiger partial charge on any atom is -0.327 e. The van der Waals surface area contributed by atoms with Crippen molar-refractivity contribution in [1.29, 1.82) is 0 Å². The normalized spacial score (nSPS) is 25.7. The number of rotatable bonds is 1. The van der Waals surface area contributed by atoms with Crippen LogP contribution < -0.4 is 5.73 Å². The summed E-state index contributed by atoms with van der Waals surface area (Å²) in [5.41, 5.74) is 7.34. The molecule has 1 aliphatic rings. The van der Waals surface area contributed by atoms with Crippen LogP contribution in [0.25, 0.3) is 6.08 Å². The SMILES string of the molecule is NC1CCC(=Cc2cc(Br)cs2)C1. The monoisotopic (exact) mass is 257 g/mol. The van der Waals surface area contributed by atoms with Gasteiger partial charge in [0.2, 0.25) is 0 Å². The molecule has 1 saturated carbocycles. The molecule has 0 radical (unpaired) electrons. The summed E-state index contributed by atoms with van der Waals surface area (Å²) in [6, 6.07) is 2.55. The predicted molar refractivity (Wildman–Crippen MR) is 61.8 cm³/mol. The summed E-state index contributed by atoms with van der Waals surface area (Å²) in [7, 11) is 0. The molecule has 0 saturated heterocycles. The quantitative estimate of drug-likeness (QED) is 0.820. The van der Waals surface area contributed by atoms with Crippen LogP contribution in [0.1, 0.15) is 24.1 Å². The Balaban J connectivity index is 2.12. The molecule has 0 aromatic carbocycles. The largest absolute Gasteiger partial charge is 0.327 e. The molecule has 1 atom stereocenters. The summed E-state index contributed by atoms with van der Waals surface area (Å²) >= 11 is 5.22. The lowest BCUT2D eigenvalue weighted by Crippen LogP contribution is -2.13. The molecule has 2 rings (SSSR count). The van der Waals surface area contributed by atoms with E-state index in [1.165, 1.54) is 21.3 Å². The van der Waals surface area contributed by atoms with Gasteiger partial charge in [0.1, 0.15) is 0 Å². The molecule has 1 aromatic rings. The smallest absolute Gasteiger partial charge is 0.0288 e. The molecule has 1 fully saturated rings. The highest BCUT2D eigenvalue weighted by atomic mass is 79.9. The van der Waals surface area contributed by atoms with Gasteiger partial charge in [-0.1, -0.05) is 5.57 Å². The van der Waals surface area contributed by atoms with Crippen molar-refractivity contribution in [3.8, 4) is 0 Å². The highest BCUT2D eigenvalue weighted by molar-refractivity contribution is 9.10. The summed E-state index contributed by atoms with van der Waals surface area (Å²) in [6.45, 7) is 0. The van der Waals surface area contributed by atoms with Gasteiger partial charge in [0, 0.05) is 20.8 Å². The van der Waals surface area contributed by atoms with Gasteiger partial charge in [0.15, 0.2) is 0 Å². The van der Waals surface area contributed by atoms with Crippen molar-refractivity contribution in [2.24, 2.45) is 5.73 Å². The van der Waals surface area contributed by atoms with Crippen LogP contribution in [-0.4, -0.2) is 6.04 Å². The predicted octanol–water partition coefficient (Wildman–Crippen LogP) is 3.41. The Hall–Kier alpha value is -0.120. The van der Waals surface area contributed by atoms with E-state index in [4.69, 9.17) is 5.73 Å². The van der Waals surface area contributed by atoms with E-state index in [1.54, 1.807) is 11.3 Å². The Labute approximate surface area is 90.8 Å². The van der Waals surface area contributed by atoms with E-state index in [-0.39, 0.29) is 0 Å². The highest BCUT2D eigenvalue weighted by Gasteiger charge is 2.14. The molecule has 3 heteroatoms. The summed E-state index contributed by atoms with van der Waals surface area (Å²) in [5.74, 6) is 0. The molecule has 0 bridgehead atoms. The molecule has 1 aliphatic carbocycles. The first-order valence-corrected chi connectivity index (χ1v) is 6.10. The number of nitrogens with two attached hydrogens (primary N) is 1. The molecule has 1 nitrogen and oxygen atoms in total. The van der Waals surface area contributed by atoms with Crippen molar-refractivity contribution < 1.29 is 0 Å². The molecule has 2 N–H and O–H groups in total. The second-order valence-corrected chi connectivity index (χ2v) is 5.33. The van der Waals surface area contributed by atoms with Crippen LogP contribution in [0.2, 0.25) is 0 Å². The van der Waals surface area contributed by atoms with Gasteiger partial charge in [-0.25, -0.2) is 0 Å². The molecular formula is C10H12BrNS. The Kier molecular flexibility index (Phi) is 2.86. The molecule has 0 spiro atoms. The Morgan fingerprint density at radius 1 is 1.62 bits per heavy atom. The van der Waals surface area contributed by atoms with Crippen molar-refractivity contribution in [3.05, 3.63) is 26.4 Å². The van der Waals surface area contributed by atoms with Gasteiger partial charge in [-0.05, 0) is 47.3 Å². The average Bonchev–Trinajstić information content (AvgIpc) is 2.62. The van der Waals surface area contributed by atoms with E-state index in [0.717, 1.165) is 12.8 Å². The molecule has 1 aromatic heterocycles. The van der Waals surface area contributed by atoms with Crippen LogP contribution in [0, 0.1) is 0 Å². The zero-order chi connectivity index (χ0) is 9.26. The first-order chi connectivity index (χ1) is 6.24. The molecule has 70 valence electrons. The average molecular weight is 258 g/mol. The second kappa shape index (κ2) is 3.95. The molecule has 13 heavy (non-hydrogen) atoms. The number of halogens is 1. The molecule has 0 aliphatic heterocycles. The lowest BCUT2D eigenvalue weighted by molar-refractivity contribution is 0.711. The van der Waals surface area contributed by atoms with E-state index < -0.39 is 0 Å². The van der Waals surface area contributed by atoms with E-state index in [0.29, 0.717) is 6.04 Å². The van der Waals surface area contributed by atoms with Gasteiger partial charge in [-0.3, -0.25) is 0 Å². The van der Waals surface area contributed by atoms with E-state index in [1.807, 2.05) is 0 Å². The first-order valence-electron chi connectivity index (χ1n) is 4.43. The minimum absolute atomic E-state index is 0.398. The Bertz CT molecular complexity index is 329. The maximum Gasteiger partial charge on any atom is 0.0288 e. The number of hydrogen-bond donors (Lipinski definition) is 1. The summed E-state index contributed by atoms with van der Waals surface area (Å²) in [6.07, 6.45) is 5.69. The van der Waals surface area contributed by atoms with Crippen molar-refractivity contribution in [2.45, 2.75) is 25.3 Å². The Morgan fingerprint density at radius 3 is 3.00 bits per heavy atom. The van der Waals surface area contributed by atoms with E-state index in [2.05, 4.69) is 33.5 Å². The summed E-state index contributed by atoms with van der Waals surface area (Å²) in [5, 5.41) is 2.11. The molecule has 1 unspecified atom stereocenters. The van der Waals surface area contributed by atoms with Gasteiger partial charge in [-0.2, -0.15) is 0 Å². The highest BCUT2D eigenvalue weighted by Crippen LogP contribution is 2.28. The maximum absolute atomic E-state index is 5.84. The van der Waals surface area contributed by atoms with Crippen molar-refractivity contribution in [2.75, 3.05) is 0 Å². The van der Waals surface area contributed by atoms with Gasteiger partial charge in [-0.15, -0.1) is 11.3 Å². The van der Waals surface area contributed by atoms with Crippen molar-refractivity contribution >= 4 is 33.3 Å². The van der Waals surface area contributed by atoms with Crippen LogP contribution in [-0.2, 0) is 0 Å². The topological polar surface area (TPSA) is 26.0 Å². The second-order valence-electron chi connectivity index (χ2n) is 3.47. The van der Waals surface area contributed by atoms with E-state index in [9.17, 15) is 0 Å². The van der Waals surface area contributed by atoms with Gasteiger partial charge >= 0.3 is 0 Å². The first kappa shape index (κ1) is 9.44. The Morgan fingerprint density at radius 2 is 2.46 bits per heavy atom. The lowest BCUT2D eigenvalue weighted by Gasteiger charge is -1.95. The van der Waals surface area contributed by atoms with Crippen LogP contribution in [0.15, 0.2) is 21.5 Å². The van der Waals surface area contributed by atoms with Gasteiger partial charge in [0.25, 0.3) is 0 Å². The van der Waals surface area contributed by atoms with Crippen LogP contribution in [0.4, 0.5) is 0 Å². The van der Waals surface area contributed by atoms with Crippen LogP contribution in [0.3, 0.4) is 0 Å². The maximum atomic E-state index is 5.84. The zero-order valence-corrected chi connectivity index (χ0v) is 9.70. The van der Waals surface area contributed by atoms with Crippen LogP contribution in [0.5, 0.6) is 0 Å². The van der Waals surface area contributed by atoms with Crippen molar-refractivity contribution in [3.63, 3.8) is 0 Å². The standard InChI is InChI=1S/C10H12BrNS/c11-8-5-10(13-6-8)4-7-1-2-9(12)3-7/h4-6,9H,1-3,12H2. The lowest BCUT2D eigenvalue weighted by atomic mass is 10.2. The summed E-state index contributed by atoms with van der Waals surface area (Å²) < 4.78 is 1.17. The van der Waals surface area contributed by atoms with E-state index >= 15 is 0 Å². The molecule has 1 heterocycles. The number of hydrogen-bond acceptors (Lipinski definition) is 2.